The van der Waals surface area contributed by atoms with Gasteiger partial charge in [0, 0.05) is 11.4 Å². The van der Waals surface area contributed by atoms with Gasteiger partial charge in [-0.3, -0.25) is 0 Å². The van der Waals surface area contributed by atoms with Crippen molar-refractivity contribution in [2.75, 3.05) is 18.8 Å². The van der Waals surface area contributed by atoms with Crippen molar-refractivity contribution in [1.29, 1.82) is 0 Å². The van der Waals surface area contributed by atoms with Gasteiger partial charge >= 0.3 is 0 Å². The van der Waals surface area contributed by atoms with Gasteiger partial charge in [-0.15, -0.1) is 0 Å². The van der Waals surface area contributed by atoms with Gasteiger partial charge in [-0.25, -0.2) is 9.97 Å². The molecule has 3 N–H and O–H groups in total. The first-order valence-electron chi connectivity index (χ1n) is 5.55. The Hall–Kier alpha value is -1.16. The third kappa shape index (κ3) is 2.89. The Labute approximate surface area is 90.3 Å². The fourth-order valence-electron chi connectivity index (χ4n) is 2.10. The quantitative estimate of drug-likeness (QED) is 0.771. The molecule has 1 fully saturated rings. The summed E-state index contributed by atoms with van der Waals surface area (Å²) in [5, 5.41) is 3.37. The summed E-state index contributed by atoms with van der Waals surface area (Å²) in [6.45, 7) is 4.27. The van der Waals surface area contributed by atoms with Gasteiger partial charge < -0.3 is 11.1 Å². The number of nitrogens with two attached hydrogens (primary N) is 1. The molecular formula is C11H18N4. The van der Waals surface area contributed by atoms with Crippen LogP contribution in [0.4, 0.5) is 5.95 Å². The third-order valence-electron chi connectivity index (χ3n) is 2.90. The molecule has 1 aromatic rings. The predicted octanol–water partition coefficient (Wildman–Crippen LogP) is 0.909. The van der Waals surface area contributed by atoms with E-state index in [9.17, 15) is 0 Å². The van der Waals surface area contributed by atoms with Crippen LogP contribution in [0.3, 0.4) is 0 Å². The highest BCUT2D eigenvalue weighted by Gasteiger charge is 2.14. The van der Waals surface area contributed by atoms with E-state index in [-0.39, 0.29) is 0 Å². The number of hydrogen-bond donors (Lipinski definition) is 2. The monoisotopic (exact) mass is 206 g/mol. The maximum atomic E-state index is 5.61. The summed E-state index contributed by atoms with van der Waals surface area (Å²) in [6.07, 6.45) is 3.50. The van der Waals surface area contributed by atoms with Crippen LogP contribution >= 0.6 is 0 Å². The number of rotatable bonds is 3. The summed E-state index contributed by atoms with van der Waals surface area (Å²) in [4.78, 5) is 8.31. The Bertz CT molecular complexity index is 311. The van der Waals surface area contributed by atoms with E-state index < -0.39 is 0 Å². The van der Waals surface area contributed by atoms with Crippen molar-refractivity contribution in [1.82, 2.24) is 15.3 Å². The Morgan fingerprint density at radius 3 is 3.07 bits per heavy atom. The average molecular weight is 206 g/mol. The molecule has 2 rings (SSSR count). The van der Waals surface area contributed by atoms with Gasteiger partial charge in [0.25, 0.3) is 0 Å². The molecular weight excluding hydrogens is 188 g/mol. The van der Waals surface area contributed by atoms with Crippen molar-refractivity contribution in [3.05, 3.63) is 17.5 Å². The number of hydrogen-bond acceptors (Lipinski definition) is 4. The normalized spacial score (nSPS) is 20.7. The molecule has 0 aliphatic carbocycles. The summed E-state index contributed by atoms with van der Waals surface area (Å²) in [6, 6.07) is 2.03. The van der Waals surface area contributed by atoms with Crippen LogP contribution in [0.2, 0.25) is 0 Å². The second-order valence-corrected chi connectivity index (χ2v) is 4.26. The lowest BCUT2D eigenvalue weighted by molar-refractivity contribution is 0.529. The Morgan fingerprint density at radius 2 is 2.40 bits per heavy atom. The van der Waals surface area contributed by atoms with E-state index in [1.54, 1.807) is 0 Å². The number of aryl methyl sites for hydroxylation is 2. The molecule has 1 atom stereocenters. The van der Waals surface area contributed by atoms with E-state index >= 15 is 0 Å². The van der Waals surface area contributed by atoms with E-state index in [2.05, 4.69) is 15.3 Å². The maximum Gasteiger partial charge on any atom is 0.220 e. The van der Waals surface area contributed by atoms with E-state index in [4.69, 9.17) is 5.73 Å². The van der Waals surface area contributed by atoms with Crippen molar-refractivity contribution < 1.29 is 0 Å². The number of nitrogens with zero attached hydrogens (tertiary/aromatic N) is 2. The second kappa shape index (κ2) is 4.57. The SMILES string of the molecule is Cc1cc(CCC2CCNC2)nc(N)n1. The molecule has 1 aromatic heterocycles. The van der Waals surface area contributed by atoms with Gasteiger partial charge in [0.2, 0.25) is 5.95 Å². The zero-order valence-electron chi connectivity index (χ0n) is 9.16. The van der Waals surface area contributed by atoms with Crippen LogP contribution in [0, 0.1) is 12.8 Å². The largest absolute Gasteiger partial charge is 0.368 e. The highest BCUT2D eigenvalue weighted by atomic mass is 15.0. The average Bonchev–Trinajstić information content (AvgIpc) is 2.65. The standard InChI is InChI=1S/C11H18N4/c1-8-6-10(15-11(12)14-8)3-2-9-4-5-13-7-9/h6,9,13H,2-5,7H2,1H3,(H2,12,14,15). The topological polar surface area (TPSA) is 63.8 Å². The van der Waals surface area contributed by atoms with Crippen LogP contribution in [-0.4, -0.2) is 23.1 Å². The van der Waals surface area contributed by atoms with Crippen LogP contribution in [0.25, 0.3) is 0 Å². The highest BCUT2D eigenvalue weighted by Crippen LogP contribution is 2.15. The van der Waals surface area contributed by atoms with Gasteiger partial charge in [0.1, 0.15) is 0 Å². The van der Waals surface area contributed by atoms with Crippen LogP contribution in [-0.2, 0) is 6.42 Å². The predicted molar refractivity (Wildman–Crippen MR) is 60.5 cm³/mol. The van der Waals surface area contributed by atoms with Gasteiger partial charge in [0.05, 0.1) is 0 Å². The number of aromatic nitrogens is 2. The molecule has 15 heavy (non-hydrogen) atoms. The first-order chi connectivity index (χ1) is 7.24. The zero-order chi connectivity index (χ0) is 10.7. The van der Waals surface area contributed by atoms with Gasteiger partial charge in [-0.1, -0.05) is 0 Å². The molecule has 1 aliphatic rings. The molecule has 0 bridgehead atoms. The molecule has 0 aromatic carbocycles. The van der Waals surface area contributed by atoms with Crippen molar-refractivity contribution >= 4 is 5.95 Å². The van der Waals surface area contributed by atoms with Crippen molar-refractivity contribution in [2.45, 2.75) is 26.2 Å². The smallest absolute Gasteiger partial charge is 0.220 e. The van der Waals surface area contributed by atoms with Crippen LogP contribution in [0.1, 0.15) is 24.2 Å². The molecule has 82 valence electrons. The highest BCUT2D eigenvalue weighted by molar-refractivity contribution is 5.21. The Kier molecular flexibility index (Phi) is 3.16. The minimum atomic E-state index is 0.398. The van der Waals surface area contributed by atoms with Crippen LogP contribution < -0.4 is 11.1 Å². The minimum absolute atomic E-state index is 0.398. The van der Waals surface area contributed by atoms with E-state index in [0.717, 1.165) is 36.8 Å². The summed E-state index contributed by atoms with van der Waals surface area (Å²) in [5.41, 5.74) is 7.64. The van der Waals surface area contributed by atoms with Gasteiger partial charge in [-0.2, -0.15) is 0 Å². The van der Waals surface area contributed by atoms with Gasteiger partial charge in [0.15, 0.2) is 0 Å². The van der Waals surface area contributed by atoms with Gasteiger partial charge in [-0.05, 0) is 51.3 Å². The molecule has 1 saturated heterocycles. The maximum absolute atomic E-state index is 5.61. The Morgan fingerprint density at radius 1 is 1.53 bits per heavy atom. The first kappa shape index (κ1) is 10.4. The van der Waals surface area contributed by atoms with Crippen molar-refractivity contribution in [2.24, 2.45) is 5.92 Å². The van der Waals surface area contributed by atoms with Crippen molar-refractivity contribution in [3.63, 3.8) is 0 Å². The lowest BCUT2D eigenvalue weighted by Gasteiger charge is -2.07. The molecule has 0 saturated carbocycles. The summed E-state index contributed by atoms with van der Waals surface area (Å²) in [5.74, 6) is 1.20. The van der Waals surface area contributed by atoms with Crippen LogP contribution in [0.15, 0.2) is 6.07 Å². The molecule has 2 heterocycles. The van der Waals surface area contributed by atoms with Crippen LogP contribution in [0.5, 0.6) is 0 Å². The fraction of sp³-hybridized carbons (Fsp3) is 0.636. The molecule has 4 heteroatoms. The fourth-order valence-corrected chi connectivity index (χ4v) is 2.10. The van der Waals surface area contributed by atoms with E-state index in [0.29, 0.717) is 5.95 Å². The van der Waals surface area contributed by atoms with E-state index in [1.165, 1.54) is 12.8 Å². The molecule has 0 amide bonds. The number of nitrogens with one attached hydrogen (secondary N) is 1. The Balaban J connectivity index is 1.92. The molecule has 1 aliphatic heterocycles. The number of nitrogen functional groups attached to an aromatic ring is 1. The summed E-state index contributed by atoms with van der Waals surface area (Å²) < 4.78 is 0. The molecule has 4 nitrogen and oxygen atoms in total. The zero-order valence-corrected chi connectivity index (χ0v) is 9.16. The second-order valence-electron chi connectivity index (χ2n) is 4.26. The molecule has 0 spiro atoms. The summed E-state index contributed by atoms with van der Waals surface area (Å²) >= 11 is 0. The third-order valence-corrected chi connectivity index (χ3v) is 2.90. The lowest BCUT2D eigenvalue weighted by Crippen LogP contribution is -2.10. The van der Waals surface area contributed by atoms with E-state index in [1.807, 2.05) is 13.0 Å². The lowest BCUT2D eigenvalue weighted by atomic mass is 10.0. The minimum Gasteiger partial charge on any atom is -0.368 e. The first-order valence-corrected chi connectivity index (χ1v) is 5.55. The molecule has 0 radical (unpaired) electrons. The summed E-state index contributed by atoms with van der Waals surface area (Å²) in [7, 11) is 0. The molecule has 1 unspecified atom stereocenters. The van der Waals surface area contributed by atoms with Crippen molar-refractivity contribution in [3.8, 4) is 0 Å². The number of anilines is 1.